The van der Waals surface area contributed by atoms with Crippen molar-refractivity contribution in [2.24, 2.45) is 28.8 Å². The summed E-state index contributed by atoms with van der Waals surface area (Å²) >= 11 is 0. The first-order valence-corrected chi connectivity index (χ1v) is 10.3. The van der Waals surface area contributed by atoms with E-state index in [1.54, 1.807) is 6.21 Å². The summed E-state index contributed by atoms with van der Waals surface area (Å²) in [5.74, 6) is -0.335. The average molecular weight is 387 g/mol. The van der Waals surface area contributed by atoms with Crippen LogP contribution in [-0.4, -0.2) is 27.6 Å². The van der Waals surface area contributed by atoms with E-state index in [1.165, 1.54) is 5.56 Å². The third-order valence-electron chi connectivity index (χ3n) is 6.78. The lowest BCUT2D eigenvalue weighted by Gasteiger charge is -2.37. The van der Waals surface area contributed by atoms with Crippen molar-refractivity contribution in [1.82, 2.24) is 9.58 Å². The largest absolute Gasteiger partial charge is 0.318 e. The Kier molecular flexibility index (Phi) is 4.09. The second-order valence-electron chi connectivity index (χ2n) is 8.58. The number of rotatable bonds is 3. The molecule has 3 aliphatic carbocycles. The van der Waals surface area contributed by atoms with Crippen LogP contribution in [0.3, 0.4) is 0 Å². The zero-order chi connectivity index (χ0) is 20.3. The number of aryl methyl sites for hydroxylation is 2. The minimum Gasteiger partial charge on any atom is -0.318 e. The topological polar surface area (TPSA) is 54.7 Å². The number of nitrogens with zero attached hydrogens (tertiary/aromatic N) is 3. The van der Waals surface area contributed by atoms with Gasteiger partial charge in [-0.05, 0) is 69.2 Å². The molecule has 2 fully saturated rings. The number of carbonyl (C=O) groups is 2. The molecule has 4 aliphatic rings. The van der Waals surface area contributed by atoms with Crippen LogP contribution in [-0.2, 0) is 9.59 Å². The highest BCUT2D eigenvalue weighted by Gasteiger charge is 2.56. The molecule has 1 saturated carbocycles. The van der Waals surface area contributed by atoms with Crippen molar-refractivity contribution in [2.45, 2.75) is 33.6 Å². The van der Waals surface area contributed by atoms with Crippen molar-refractivity contribution in [1.29, 1.82) is 0 Å². The number of benzene rings is 1. The van der Waals surface area contributed by atoms with E-state index in [4.69, 9.17) is 0 Å². The number of allylic oxidation sites excluding steroid dienone is 2. The predicted molar refractivity (Wildman–Crippen MR) is 112 cm³/mol. The van der Waals surface area contributed by atoms with Gasteiger partial charge in [0, 0.05) is 22.6 Å². The highest BCUT2D eigenvalue weighted by atomic mass is 16.2. The van der Waals surface area contributed by atoms with Crippen molar-refractivity contribution in [2.75, 3.05) is 0 Å². The molecule has 0 radical (unpaired) electrons. The molecule has 0 N–H and O–H groups in total. The Morgan fingerprint density at radius 1 is 0.966 bits per heavy atom. The molecule has 1 aromatic heterocycles. The number of hydrogen-bond donors (Lipinski definition) is 0. The van der Waals surface area contributed by atoms with Crippen LogP contribution >= 0.6 is 0 Å². The van der Waals surface area contributed by atoms with Crippen LogP contribution in [0, 0.1) is 44.4 Å². The molecule has 1 aromatic carbocycles. The van der Waals surface area contributed by atoms with E-state index in [-0.39, 0.29) is 35.5 Å². The lowest BCUT2D eigenvalue weighted by atomic mass is 9.63. The molecular weight excluding hydrogens is 362 g/mol. The molecule has 2 aromatic rings. The summed E-state index contributed by atoms with van der Waals surface area (Å²) in [5, 5.41) is 5.50. The van der Waals surface area contributed by atoms with Crippen LogP contribution in [0.25, 0.3) is 5.69 Å². The van der Waals surface area contributed by atoms with Crippen LogP contribution in [0.4, 0.5) is 0 Å². The van der Waals surface area contributed by atoms with Gasteiger partial charge in [-0.3, -0.25) is 9.59 Å². The molecule has 29 heavy (non-hydrogen) atoms. The third-order valence-corrected chi connectivity index (χ3v) is 6.78. The molecule has 0 unspecified atom stereocenters. The van der Waals surface area contributed by atoms with Gasteiger partial charge < -0.3 is 4.57 Å². The highest BCUT2D eigenvalue weighted by Crippen LogP contribution is 2.49. The van der Waals surface area contributed by atoms with Gasteiger partial charge in [-0.25, -0.2) is 0 Å². The Labute approximate surface area is 170 Å². The Morgan fingerprint density at radius 3 is 2.21 bits per heavy atom. The van der Waals surface area contributed by atoms with Crippen molar-refractivity contribution in [3.05, 3.63) is 65.0 Å². The molecule has 5 heteroatoms. The van der Waals surface area contributed by atoms with Gasteiger partial charge in [0.15, 0.2) is 0 Å². The molecule has 6 rings (SSSR count). The first-order chi connectivity index (χ1) is 14.0. The van der Waals surface area contributed by atoms with Crippen molar-refractivity contribution in [3.8, 4) is 5.69 Å². The fraction of sp³-hybridized carbons (Fsp3) is 0.375. The van der Waals surface area contributed by atoms with Crippen LogP contribution in [0.2, 0.25) is 0 Å². The van der Waals surface area contributed by atoms with Crippen LogP contribution in [0.5, 0.6) is 0 Å². The predicted octanol–water partition coefficient (Wildman–Crippen LogP) is 3.93. The maximum absolute atomic E-state index is 12.9. The summed E-state index contributed by atoms with van der Waals surface area (Å²) in [6.07, 6.45) is 7.91. The molecule has 0 spiro atoms. The van der Waals surface area contributed by atoms with Crippen molar-refractivity contribution >= 4 is 18.0 Å². The van der Waals surface area contributed by atoms with E-state index in [0.717, 1.165) is 40.5 Å². The summed E-state index contributed by atoms with van der Waals surface area (Å²) in [4.78, 5) is 25.9. The van der Waals surface area contributed by atoms with Gasteiger partial charge in [-0.1, -0.05) is 24.3 Å². The maximum atomic E-state index is 12.9. The normalized spacial score (nSPS) is 28.0. The van der Waals surface area contributed by atoms with Crippen LogP contribution in [0.15, 0.2) is 47.6 Å². The Bertz CT molecular complexity index is 1050. The zero-order valence-corrected chi connectivity index (χ0v) is 17.0. The number of hydrogen-bond acceptors (Lipinski definition) is 3. The molecular formula is C24H25N3O2. The third kappa shape index (κ3) is 2.71. The summed E-state index contributed by atoms with van der Waals surface area (Å²) < 4.78 is 2.17. The molecule has 4 atom stereocenters. The van der Waals surface area contributed by atoms with Crippen molar-refractivity contribution < 1.29 is 9.59 Å². The molecule has 2 heterocycles. The number of amides is 2. The molecule has 1 saturated heterocycles. The number of hydrazone groups is 1. The smallest absolute Gasteiger partial charge is 0.254 e. The standard InChI is InChI=1S/C24H25N3O2/c1-14-5-4-6-20(11-14)26-15(2)12-19(16(26)3)13-25-27-23(28)21-17-7-8-18(10-9-17)22(21)24(27)29/h4-8,11-13,17-18,21-22H,9-10H2,1-3H3/b25-13-/t17-,18-,21-,22+/m0/s1. The molecule has 1 aliphatic heterocycles. The second kappa shape index (κ2) is 6.55. The Hall–Kier alpha value is -2.95. The summed E-state index contributed by atoms with van der Waals surface area (Å²) in [5.41, 5.74) is 5.34. The number of fused-ring (bicyclic) bond motifs is 1. The van der Waals surface area contributed by atoms with Gasteiger partial charge in [0.2, 0.25) is 0 Å². The summed E-state index contributed by atoms with van der Waals surface area (Å²) in [6.45, 7) is 6.16. The van der Waals surface area contributed by atoms with E-state index >= 15 is 0 Å². The Morgan fingerprint density at radius 2 is 1.62 bits per heavy atom. The van der Waals surface area contributed by atoms with Gasteiger partial charge in [0.05, 0.1) is 18.1 Å². The molecule has 2 bridgehead atoms. The molecule has 5 nitrogen and oxygen atoms in total. The van der Waals surface area contributed by atoms with Gasteiger partial charge in [0.25, 0.3) is 11.8 Å². The SMILES string of the molecule is Cc1cccc(-n2c(C)cc(/C=N\N3C(=O)[C@@H]4[C@H](C3=O)[C@H]3C=C[C@H]4CC3)c2C)c1. The van der Waals surface area contributed by atoms with Gasteiger partial charge in [-0.15, -0.1) is 0 Å². The fourth-order valence-corrected chi connectivity index (χ4v) is 5.37. The first-order valence-electron chi connectivity index (χ1n) is 10.3. The van der Waals surface area contributed by atoms with E-state index in [2.05, 4.69) is 53.9 Å². The Balaban J connectivity index is 1.45. The van der Waals surface area contributed by atoms with Gasteiger partial charge in [0.1, 0.15) is 0 Å². The second-order valence-corrected chi connectivity index (χ2v) is 8.58. The number of imide groups is 1. The van der Waals surface area contributed by atoms with E-state index in [9.17, 15) is 9.59 Å². The van der Waals surface area contributed by atoms with Gasteiger partial charge >= 0.3 is 0 Å². The minimum absolute atomic E-state index is 0.136. The van der Waals surface area contributed by atoms with Crippen LogP contribution in [0.1, 0.15) is 35.4 Å². The monoisotopic (exact) mass is 387 g/mol. The van der Waals surface area contributed by atoms with E-state index in [0.29, 0.717) is 0 Å². The number of carbonyl (C=O) groups excluding carboxylic acids is 2. The first kappa shape index (κ1) is 18.1. The summed E-state index contributed by atoms with van der Waals surface area (Å²) in [6, 6.07) is 10.4. The zero-order valence-electron chi connectivity index (χ0n) is 17.0. The number of aromatic nitrogens is 1. The lowest BCUT2D eigenvalue weighted by Crippen LogP contribution is -2.38. The van der Waals surface area contributed by atoms with Crippen molar-refractivity contribution in [3.63, 3.8) is 0 Å². The van der Waals surface area contributed by atoms with Crippen LogP contribution < -0.4 is 0 Å². The molecule has 148 valence electrons. The highest BCUT2D eigenvalue weighted by molar-refractivity contribution is 6.06. The average Bonchev–Trinajstić information content (AvgIpc) is 3.15. The quantitative estimate of drug-likeness (QED) is 0.455. The van der Waals surface area contributed by atoms with Gasteiger partial charge in [-0.2, -0.15) is 10.1 Å². The minimum atomic E-state index is -0.219. The maximum Gasteiger partial charge on any atom is 0.254 e. The van der Waals surface area contributed by atoms with E-state index in [1.807, 2.05) is 19.1 Å². The van der Waals surface area contributed by atoms with E-state index < -0.39 is 0 Å². The fourth-order valence-electron chi connectivity index (χ4n) is 5.37. The summed E-state index contributed by atoms with van der Waals surface area (Å²) in [7, 11) is 0. The lowest BCUT2D eigenvalue weighted by molar-refractivity contribution is -0.140. The molecule has 2 amide bonds.